The molecular weight excluding hydrogens is 390 g/mol. The quantitative estimate of drug-likeness (QED) is 0.493. The summed E-state index contributed by atoms with van der Waals surface area (Å²) in [6.07, 6.45) is 2.72. The highest BCUT2D eigenvalue weighted by Crippen LogP contribution is 2.36. The van der Waals surface area contributed by atoms with Crippen LogP contribution in [0.15, 0.2) is 64.2 Å². The molecule has 0 fully saturated rings. The number of carbonyl (C=O) groups is 2. The fourth-order valence-electron chi connectivity index (χ4n) is 3.25. The maximum Gasteiger partial charge on any atom is 0.267 e. The molecule has 0 unspecified atom stereocenters. The van der Waals surface area contributed by atoms with E-state index in [1.807, 2.05) is 24.3 Å². The molecule has 1 aliphatic rings. The molecule has 4 rings (SSSR count). The van der Waals surface area contributed by atoms with Crippen LogP contribution in [-0.2, 0) is 11.2 Å². The van der Waals surface area contributed by atoms with Crippen molar-refractivity contribution in [2.75, 3.05) is 21.5 Å². The lowest BCUT2D eigenvalue weighted by Crippen LogP contribution is -2.29. The number of anilines is 3. The van der Waals surface area contributed by atoms with Gasteiger partial charge < -0.3 is 10.0 Å². The first kappa shape index (κ1) is 18.6. The van der Waals surface area contributed by atoms with Crippen LogP contribution in [0.4, 0.5) is 17.1 Å². The van der Waals surface area contributed by atoms with Gasteiger partial charge >= 0.3 is 0 Å². The molecule has 0 spiro atoms. The van der Waals surface area contributed by atoms with Crippen molar-refractivity contribution in [2.24, 2.45) is 0 Å². The standard InChI is InChI=1S/C21H19N3O2S2/c22-19-13-27-12-18(19)21(26)23(14-25)16-7-3-8-17(11-16)28-24-10-4-6-15-5-1-2-9-20(15)24/h1-3,5,7-9,11-14H,4,6,10,22H2. The molecule has 1 aliphatic heterocycles. The van der Waals surface area contributed by atoms with E-state index in [9.17, 15) is 9.59 Å². The minimum absolute atomic E-state index is 0.347. The Labute approximate surface area is 171 Å². The molecule has 2 heterocycles. The third-order valence-corrected chi connectivity index (χ3v) is 6.45. The molecule has 3 aromatic rings. The number of thiophene rings is 1. The van der Waals surface area contributed by atoms with Gasteiger partial charge in [-0.3, -0.25) is 9.59 Å². The van der Waals surface area contributed by atoms with Crippen LogP contribution in [0.5, 0.6) is 0 Å². The van der Waals surface area contributed by atoms with Crippen LogP contribution in [0.25, 0.3) is 0 Å². The minimum Gasteiger partial charge on any atom is -0.397 e. The highest BCUT2D eigenvalue weighted by Gasteiger charge is 2.21. The van der Waals surface area contributed by atoms with Crippen molar-refractivity contribution >= 4 is 52.7 Å². The van der Waals surface area contributed by atoms with Gasteiger partial charge in [-0.1, -0.05) is 24.3 Å². The van der Waals surface area contributed by atoms with Crippen LogP contribution in [0.2, 0.25) is 0 Å². The first-order valence-corrected chi connectivity index (χ1v) is 10.6. The number of nitrogens with two attached hydrogens (primary N) is 1. The smallest absolute Gasteiger partial charge is 0.267 e. The van der Waals surface area contributed by atoms with Crippen molar-refractivity contribution in [3.63, 3.8) is 0 Å². The van der Waals surface area contributed by atoms with E-state index in [1.165, 1.54) is 22.6 Å². The molecule has 2 amide bonds. The van der Waals surface area contributed by atoms with Gasteiger partial charge in [-0.05, 0) is 54.6 Å². The zero-order valence-electron chi connectivity index (χ0n) is 15.1. The summed E-state index contributed by atoms with van der Waals surface area (Å²) in [5.74, 6) is -0.417. The number of hydrogen-bond acceptors (Lipinski definition) is 6. The first-order chi connectivity index (χ1) is 13.7. The molecule has 5 nitrogen and oxygen atoms in total. The molecule has 2 aromatic carbocycles. The van der Waals surface area contributed by atoms with E-state index >= 15 is 0 Å². The summed E-state index contributed by atoms with van der Waals surface area (Å²) < 4.78 is 2.27. The van der Waals surface area contributed by atoms with Crippen LogP contribution in [0.3, 0.4) is 0 Å². The van der Waals surface area contributed by atoms with Gasteiger partial charge in [0.15, 0.2) is 0 Å². The van der Waals surface area contributed by atoms with E-state index in [2.05, 4.69) is 22.5 Å². The van der Waals surface area contributed by atoms with Crippen LogP contribution in [0.1, 0.15) is 22.3 Å². The normalized spacial score (nSPS) is 13.1. The summed E-state index contributed by atoms with van der Waals surface area (Å²) >= 11 is 2.96. The molecule has 142 valence electrons. The number of amides is 2. The average Bonchev–Trinajstić information content (AvgIpc) is 3.15. The van der Waals surface area contributed by atoms with Gasteiger partial charge in [0.2, 0.25) is 6.41 Å². The number of aryl methyl sites for hydroxylation is 1. The highest BCUT2D eigenvalue weighted by molar-refractivity contribution is 8.00. The van der Waals surface area contributed by atoms with E-state index in [0.717, 1.165) is 29.2 Å². The van der Waals surface area contributed by atoms with E-state index in [1.54, 1.807) is 28.8 Å². The molecular formula is C21H19N3O2S2. The maximum atomic E-state index is 12.7. The predicted molar refractivity (Wildman–Crippen MR) is 116 cm³/mol. The number of para-hydroxylation sites is 1. The van der Waals surface area contributed by atoms with Gasteiger partial charge in [-0.15, -0.1) is 11.3 Å². The minimum atomic E-state index is -0.417. The van der Waals surface area contributed by atoms with Crippen molar-refractivity contribution < 1.29 is 9.59 Å². The Morgan fingerprint density at radius 2 is 2.04 bits per heavy atom. The van der Waals surface area contributed by atoms with Gasteiger partial charge in [0.05, 0.1) is 22.6 Å². The monoisotopic (exact) mass is 409 g/mol. The number of fused-ring (bicyclic) bond motifs is 1. The Bertz CT molecular complexity index is 1020. The average molecular weight is 410 g/mol. The van der Waals surface area contributed by atoms with Crippen LogP contribution in [0, 0.1) is 0 Å². The van der Waals surface area contributed by atoms with E-state index in [0.29, 0.717) is 23.3 Å². The molecule has 0 bridgehead atoms. The largest absolute Gasteiger partial charge is 0.397 e. The number of hydrogen-bond donors (Lipinski definition) is 1. The van der Waals surface area contributed by atoms with Crippen molar-refractivity contribution in [2.45, 2.75) is 17.7 Å². The van der Waals surface area contributed by atoms with Crippen molar-refractivity contribution in [3.05, 3.63) is 70.4 Å². The SMILES string of the molecule is Nc1cscc1C(=O)N(C=O)c1cccc(SN2CCCc3ccccc32)c1. The Morgan fingerprint density at radius 3 is 2.82 bits per heavy atom. The number of carbonyl (C=O) groups excluding carboxylic acids is 2. The maximum absolute atomic E-state index is 12.7. The fraction of sp³-hybridized carbons (Fsp3) is 0.143. The third kappa shape index (κ3) is 3.63. The second-order valence-corrected chi connectivity index (χ2v) is 8.28. The summed E-state index contributed by atoms with van der Waals surface area (Å²) in [4.78, 5) is 26.5. The summed E-state index contributed by atoms with van der Waals surface area (Å²) in [6, 6.07) is 15.9. The van der Waals surface area contributed by atoms with E-state index in [4.69, 9.17) is 5.73 Å². The third-order valence-electron chi connectivity index (χ3n) is 4.63. The van der Waals surface area contributed by atoms with Crippen LogP contribution >= 0.6 is 23.3 Å². The molecule has 0 atom stereocenters. The lowest BCUT2D eigenvalue weighted by Gasteiger charge is -2.30. The van der Waals surface area contributed by atoms with E-state index in [-0.39, 0.29) is 0 Å². The van der Waals surface area contributed by atoms with Crippen molar-refractivity contribution in [1.82, 2.24) is 0 Å². The molecule has 0 saturated carbocycles. The zero-order valence-corrected chi connectivity index (χ0v) is 16.7. The second-order valence-electron chi connectivity index (χ2n) is 6.44. The fourth-order valence-corrected chi connectivity index (χ4v) is 5.03. The number of benzene rings is 2. The second kappa shape index (κ2) is 8.08. The predicted octanol–water partition coefficient (Wildman–Crippen LogP) is 4.59. The number of nitrogen functional groups attached to an aromatic ring is 1. The van der Waals surface area contributed by atoms with Gasteiger partial charge in [-0.2, -0.15) is 0 Å². The van der Waals surface area contributed by atoms with Gasteiger partial charge in [0.25, 0.3) is 5.91 Å². The van der Waals surface area contributed by atoms with Gasteiger partial charge in [0.1, 0.15) is 0 Å². The van der Waals surface area contributed by atoms with Crippen molar-refractivity contribution in [1.29, 1.82) is 0 Å². The Morgan fingerprint density at radius 1 is 1.18 bits per heavy atom. The molecule has 28 heavy (non-hydrogen) atoms. The number of imide groups is 1. The Balaban J connectivity index is 1.59. The molecule has 1 aromatic heterocycles. The Hall–Kier alpha value is -2.77. The summed E-state index contributed by atoms with van der Waals surface area (Å²) in [7, 11) is 0. The van der Waals surface area contributed by atoms with Gasteiger partial charge in [0, 0.05) is 22.2 Å². The summed E-state index contributed by atoms with van der Waals surface area (Å²) in [6.45, 7) is 0.952. The molecule has 0 radical (unpaired) electrons. The number of nitrogens with zero attached hydrogens (tertiary/aromatic N) is 2. The lowest BCUT2D eigenvalue weighted by molar-refractivity contribution is -0.106. The molecule has 2 N–H and O–H groups in total. The summed E-state index contributed by atoms with van der Waals surface area (Å²) in [5, 5.41) is 3.35. The zero-order chi connectivity index (χ0) is 19.5. The van der Waals surface area contributed by atoms with Crippen molar-refractivity contribution in [3.8, 4) is 0 Å². The number of rotatable bonds is 5. The molecule has 0 saturated heterocycles. The van der Waals surface area contributed by atoms with E-state index < -0.39 is 5.91 Å². The van der Waals surface area contributed by atoms with Gasteiger partial charge in [-0.25, -0.2) is 4.90 Å². The summed E-state index contributed by atoms with van der Waals surface area (Å²) in [5.41, 5.74) is 9.67. The topological polar surface area (TPSA) is 66.6 Å². The highest BCUT2D eigenvalue weighted by atomic mass is 32.2. The van der Waals surface area contributed by atoms with Crippen LogP contribution < -0.4 is 14.9 Å². The first-order valence-electron chi connectivity index (χ1n) is 8.91. The molecule has 7 heteroatoms. The molecule has 0 aliphatic carbocycles. The Kier molecular flexibility index (Phi) is 5.36. The van der Waals surface area contributed by atoms with Crippen LogP contribution in [-0.4, -0.2) is 18.9 Å². The lowest BCUT2D eigenvalue weighted by atomic mass is 10.0.